The van der Waals surface area contributed by atoms with Crippen LogP contribution in [0.1, 0.15) is 17.3 Å². The van der Waals surface area contributed by atoms with Crippen LogP contribution in [0.25, 0.3) is 11.5 Å². The van der Waals surface area contributed by atoms with Crippen LogP contribution in [0.2, 0.25) is 0 Å². The van der Waals surface area contributed by atoms with Crippen molar-refractivity contribution in [2.45, 2.75) is 12.8 Å². The van der Waals surface area contributed by atoms with Gasteiger partial charge in [-0.1, -0.05) is 22.9 Å². The SMILES string of the molecule is Cc1cccc(-c2nc(C3CNC3)no2)c1. The molecular formula is C12H13N3O. The van der Waals surface area contributed by atoms with Crippen LogP contribution in [0.4, 0.5) is 0 Å². The van der Waals surface area contributed by atoms with Crippen molar-refractivity contribution in [3.8, 4) is 11.5 Å². The Labute approximate surface area is 93.7 Å². The number of benzene rings is 1. The minimum atomic E-state index is 0.419. The van der Waals surface area contributed by atoms with E-state index in [1.807, 2.05) is 12.1 Å². The predicted molar refractivity (Wildman–Crippen MR) is 60.1 cm³/mol. The van der Waals surface area contributed by atoms with Crippen LogP contribution in [0.15, 0.2) is 28.8 Å². The number of nitrogens with zero attached hydrogens (tertiary/aromatic N) is 2. The third kappa shape index (κ3) is 1.61. The molecule has 2 heterocycles. The highest BCUT2D eigenvalue weighted by Crippen LogP contribution is 2.22. The van der Waals surface area contributed by atoms with E-state index in [1.54, 1.807) is 0 Å². The van der Waals surface area contributed by atoms with Gasteiger partial charge in [-0.25, -0.2) is 0 Å². The molecule has 0 aliphatic carbocycles. The summed E-state index contributed by atoms with van der Waals surface area (Å²) in [5.74, 6) is 1.85. The van der Waals surface area contributed by atoms with Crippen molar-refractivity contribution in [2.75, 3.05) is 13.1 Å². The van der Waals surface area contributed by atoms with Gasteiger partial charge >= 0.3 is 0 Å². The van der Waals surface area contributed by atoms with Gasteiger partial charge in [0.15, 0.2) is 5.82 Å². The normalized spacial score (nSPS) is 16.1. The molecule has 0 bridgehead atoms. The molecule has 1 N–H and O–H groups in total. The van der Waals surface area contributed by atoms with Crippen LogP contribution in [0, 0.1) is 6.92 Å². The number of nitrogens with one attached hydrogen (secondary N) is 1. The summed E-state index contributed by atoms with van der Waals surface area (Å²) in [5, 5.41) is 7.21. The van der Waals surface area contributed by atoms with Gasteiger partial charge < -0.3 is 9.84 Å². The van der Waals surface area contributed by atoms with Crippen molar-refractivity contribution < 1.29 is 4.52 Å². The van der Waals surface area contributed by atoms with Gasteiger partial charge in [0.05, 0.1) is 0 Å². The molecule has 0 unspecified atom stereocenters. The highest BCUT2D eigenvalue weighted by atomic mass is 16.5. The van der Waals surface area contributed by atoms with Crippen LogP contribution in [-0.2, 0) is 0 Å². The van der Waals surface area contributed by atoms with E-state index in [2.05, 4.69) is 34.5 Å². The number of hydrogen-bond donors (Lipinski definition) is 1. The lowest BCUT2D eigenvalue weighted by molar-refractivity contribution is 0.382. The largest absolute Gasteiger partial charge is 0.334 e. The van der Waals surface area contributed by atoms with E-state index in [9.17, 15) is 0 Å². The van der Waals surface area contributed by atoms with Crippen molar-refractivity contribution in [2.24, 2.45) is 0 Å². The first-order valence-electron chi connectivity index (χ1n) is 5.44. The van der Waals surface area contributed by atoms with E-state index in [-0.39, 0.29) is 0 Å². The van der Waals surface area contributed by atoms with E-state index < -0.39 is 0 Å². The molecule has 1 aliphatic heterocycles. The Bertz CT molecular complexity index is 502. The molecule has 1 fully saturated rings. The first kappa shape index (κ1) is 9.54. The number of aryl methyl sites for hydroxylation is 1. The molecule has 0 spiro atoms. The Kier molecular flexibility index (Phi) is 2.22. The Morgan fingerprint density at radius 3 is 2.94 bits per heavy atom. The summed E-state index contributed by atoms with van der Waals surface area (Å²) in [6, 6.07) is 8.09. The van der Waals surface area contributed by atoms with Crippen molar-refractivity contribution >= 4 is 0 Å². The Morgan fingerprint density at radius 2 is 2.25 bits per heavy atom. The summed E-state index contributed by atoms with van der Waals surface area (Å²) < 4.78 is 5.27. The Morgan fingerprint density at radius 1 is 1.38 bits per heavy atom. The molecule has 0 amide bonds. The molecule has 82 valence electrons. The maximum atomic E-state index is 5.27. The average molecular weight is 215 g/mol. The van der Waals surface area contributed by atoms with E-state index in [1.165, 1.54) is 5.56 Å². The molecule has 2 aromatic rings. The van der Waals surface area contributed by atoms with Crippen LogP contribution in [0.5, 0.6) is 0 Å². The first-order valence-corrected chi connectivity index (χ1v) is 5.44. The van der Waals surface area contributed by atoms with E-state index in [4.69, 9.17) is 4.52 Å². The molecule has 3 rings (SSSR count). The summed E-state index contributed by atoms with van der Waals surface area (Å²) in [6.45, 7) is 3.95. The zero-order chi connectivity index (χ0) is 11.0. The summed E-state index contributed by atoms with van der Waals surface area (Å²) in [4.78, 5) is 4.43. The molecular weight excluding hydrogens is 202 g/mol. The lowest BCUT2D eigenvalue weighted by atomic mass is 10.0. The lowest BCUT2D eigenvalue weighted by Gasteiger charge is -2.23. The topological polar surface area (TPSA) is 51.0 Å². The Hall–Kier alpha value is -1.68. The highest BCUT2D eigenvalue weighted by Gasteiger charge is 2.24. The quantitative estimate of drug-likeness (QED) is 0.829. The molecule has 4 nitrogen and oxygen atoms in total. The molecule has 0 atom stereocenters. The van der Waals surface area contributed by atoms with Crippen molar-refractivity contribution in [1.29, 1.82) is 0 Å². The van der Waals surface area contributed by atoms with Crippen molar-refractivity contribution in [3.05, 3.63) is 35.7 Å². The minimum absolute atomic E-state index is 0.419. The number of rotatable bonds is 2. The van der Waals surface area contributed by atoms with Gasteiger partial charge in [0.2, 0.25) is 0 Å². The summed E-state index contributed by atoms with van der Waals surface area (Å²) in [6.07, 6.45) is 0. The zero-order valence-corrected chi connectivity index (χ0v) is 9.10. The van der Waals surface area contributed by atoms with Crippen molar-refractivity contribution in [1.82, 2.24) is 15.5 Å². The summed E-state index contributed by atoms with van der Waals surface area (Å²) >= 11 is 0. The Balaban J connectivity index is 1.91. The second-order valence-electron chi connectivity index (χ2n) is 4.18. The van der Waals surface area contributed by atoms with Crippen molar-refractivity contribution in [3.63, 3.8) is 0 Å². The fourth-order valence-electron chi connectivity index (χ4n) is 1.77. The molecule has 0 radical (unpaired) electrons. The van der Waals surface area contributed by atoms with Gasteiger partial charge in [-0.05, 0) is 19.1 Å². The average Bonchev–Trinajstić information content (AvgIpc) is 2.64. The van der Waals surface area contributed by atoms with Crippen LogP contribution >= 0.6 is 0 Å². The van der Waals surface area contributed by atoms with Gasteiger partial charge in [0, 0.05) is 24.6 Å². The fraction of sp³-hybridized carbons (Fsp3) is 0.333. The number of hydrogen-bond acceptors (Lipinski definition) is 4. The molecule has 1 aromatic heterocycles. The highest BCUT2D eigenvalue weighted by molar-refractivity contribution is 5.53. The third-order valence-corrected chi connectivity index (χ3v) is 2.85. The fourth-order valence-corrected chi connectivity index (χ4v) is 1.77. The first-order chi connectivity index (χ1) is 7.83. The molecule has 1 aliphatic rings. The zero-order valence-electron chi connectivity index (χ0n) is 9.10. The van der Waals surface area contributed by atoms with Gasteiger partial charge in [0.1, 0.15) is 0 Å². The van der Waals surface area contributed by atoms with Crippen LogP contribution < -0.4 is 5.32 Å². The summed E-state index contributed by atoms with van der Waals surface area (Å²) in [7, 11) is 0. The maximum absolute atomic E-state index is 5.27. The van der Waals surface area contributed by atoms with Gasteiger partial charge in [-0.2, -0.15) is 4.98 Å². The maximum Gasteiger partial charge on any atom is 0.257 e. The van der Waals surface area contributed by atoms with Crippen LogP contribution in [-0.4, -0.2) is 23.2 Å². The van der Waals surface area contributed by atoms with Gasteiger partial charge in [-0.15, -0.1) is 0 Å². The summed E-state index contributed by atoms with van der Waals surface area (Å²) in [5.41, 5.74) is 2.19. The molecule has 1 saturated heterocycles. The van der Waals surface area contributed by atoms with Gasteiger partial charge in [-0.3, -0.25) is 0 Å². The van der Waals surface area contributed by atoms with E-state index >= 15 is 0 Å². The second-order valence-corrected chi connectivity index (χ2v) is 4.18. The standard InChI is InChI=1S/C12H13N3O/c1-8-3-2-4-9(5-8)12-14-11(15-16-12)10-6-13-7-10/h2-5,10,13H,6-7H2,1H3. The molecule has 0 saturated carbocycles. The second kappa shape index (κ2) is 3.72. The van der Waals surface area contributed by atoms with Crippen LogP contribution in [0.3, 0.4) is 0 Å². The lowest BCUT2D eigenvalue weighted by Crippen LogP contribution is -2.40. The van der Waals surface area contributed by atoms with Gasteiger partial charge in [0.25, 0.3) is 5.89 Å². The van der Waals surface area contributed by atoms with E-state index in [0.29, 0.717) is 11.8 Å². The number of aromatic nitrogens is 2. The smallest absolute Gasteiger partial charge is 0.257 e. The monoisotopic (exact) mass is 215 g/mol. The van der Waals surface area contributed by atoms with E-state index in [0.717, 1.165) is 24.5 Å². The molecule has 4 heteroatoms. The molecule has 1 aromatic carbocycles. The third-order valence-electron chi connectivity index (χ3n) is 2.85. The minimum Gasteiger partial charge on any atom is -0.334 e. The predicted octanol–water partition coefficient (Wildman–Crippen LogP) is 1.73. The molecule has 16 heavy (non-hydrogen) atoms.